The van der Waals surface area contributed by atoms with Crippen molar-refractivity contribution in [1.29, 1.82) is 0 Å². The Balaban J connectivity index is 2.21. The Morgan fingerprint density at radius 1 is 1.22 bits per heavy atom. The molecule has 0 bridgehead atoms. The maximum Gasteiger partial charge on any atom is 0.0718 e. The van der Waals surface area contributed by atoms with E-state index >= 15 is 0 Å². The molecular weight excluding hydrogens is 290 g/mol. The third-order valence-electron chi connectivity index (χ3n) is 2.76. The van der Waals surface area contributed by atoms with Gasteiger partial charge in [-0.05, 0) is 58.7 Å². The monoisotopic (exact) mass is 305 g/mol. The van der Waals surface area contributed by atoms with Gasteiger partial charge in [-0.25, -0.2) is 0 Å². The molecule has 4 heteroatoms. The van der Waals surface area contributed by atoms with Gasteiger partial charge in [-0.1, -0.05) is 6.92 Å². The van der Waals surface area contributed by atoms with E-state index < -0.39 is 0 Å². The highest BCUT2D eigenvalue weighted by Crippen LogP contribution is 2.23. The molecule has 2 aromatic heterocycles. The van der Waals surface area contributed by atoms with Crippen molar-refractivity contribution in [3.8, 4) is 0 Å². The number of rotatable bonds is 5. The van der Waals surface area contributed by atoms with Gasteiger partial charge >= 0.3 is 0 Å². The molecule has 2 aromatic rings. The van der Waals surface area contributed by atoms with Crippen molar-refractivity contribution in [2.24, 2.45) is 0 Å². The summed E-state index contributed by atoms with van der Waals surface area (Å²) in [5.74, 6) is 0. The molecule has 18 heavy (non-hydrogen) atoms. The first-order chi connectivity index (χ1) is 8.81. The second-order valence-electron chi connectivity index (χ2n) is 4.04. The molecule has 1 atom stereocenters. The molecule has 0 aliphatic carbocycles. The topological polar surface area (TPSA) is 37.8 Å². The summed E-state index contributed by atoms with van der Waals surface area (Å²) >= 11 is 3.57. The van der Waals surface area contributed by atoms with Crippen LogP contribution >= 0.6 is 15.9 Å². The number of nitrogens with zero attached hydrogens (tertiary/aromatic N) is 2. The number of aromatic nitrogens is 2. The molecule has 0 spiro atoms. The van der Waals surface area contributed by atoms with Gasteiger partial charge in [0.1, 0.15) is 0 Å². The predicted molar refractivity (Wildman–Crippen MR) is 76.3 cm³/mol. The average molecular weight is 306 g/mol. The largest absolute Gasteiger partial charge is 0.309 e. The minimum atomic E-state index is 0.216. The molecule has 0 amide bonds. The number of hydrogen-bond acceptors (Lipinski definition) is 3. The van der Waals surface area contributed by atoms with E-state index in [1.165, 1.54) is 5.56 Å². The fraction of sp³-hybridized carbons (Fsp3) is 0.286. The minimum Gasteiger partial charge on any atom is -0.309 e. The Morgan fingerprint density at radius 3 is 2.67 bits per heavy atom. The lowest BCUT2D eigenvalue weighted by molar-refractivity contribution is 0.534. The van der Waals surface area contributed by atoms with E-state index in [0.29, 0.717) is 0 Å². The van der Waals surface area contributed by atoms with Gasteiger partial charge in [-0.2, -0.15) is 0 Å². The summed E-state index contributed by atoms with van der Waals surface area (Å²) in [4.78, 5) is 8.51. The van der Waals surface area contributed by atoms with Gasteiger partial charge < -0.3 is 5.32 Å². The minimum absolute atomic E-state index is 0.216. The number of hydrogen-bond donors (Lipinski definition) is 1. The van der Waals surface area contributed by atoms with E-state index in [1.807, 2.05) is 42.9 Å². The molecule has 0 aromatic carbocycles. The van der Waals surface area contributed by atoms with Crippen LogP contribution in [0.4, 0.5) is 0 Å². The first-order valence-electron chi connectivity index (χ1n) is 6.04. The fourth-order valence-electron chi connectivity index (χ4n) is 1.92. The maximum atomic E-state index is 4.47. The molecule has 2 rings (SSSR count). The van der Waals surface area contributed by atoms with E-state index in [2.05, 4.69) is 38.1 Å². The molecule has 0 fully saturated rings. The number of pyridine rings is 2. The molecule has 0 aliphatic rings. The van der Waals surface area contributed by atoms with Crippen molar-refractivity contribution in [3.63, 3.8) is 0 Å². The normalized spacial score (nSPS) is 12.3. The summed E-state index contributed by atoms with van der Waals surface area (Å²) in [6.45, 7) is 3.02. The molecule has 2 heterocycles. The summed E-state index contributed by atoms with van der Waals surface area (Å²) < 4.78 is 1.05. The fourth-order valence-corrected chi connectivity index (χ4v) is 2.45. The summed E-state index contributed by atoms with van der Waals surface area (Å²) in [7, 11) is 0. The standard InChI is InChI=1S/C14H16BrN3/c1-2-17-13(10-11-5-8-16-9-6-11)14-12(15)4-3-7-18-14/h3-9,13,17H,2,10H2,1H3. The van der Waals surface area contributed by atoms with Crippen LogP contribution in [0.15, 0.2) is 47.3 Å². The molecule has 0 saturated carbocycles. The van der Waals surface area contributed by atoms with E-state index in [9.17, 15) is 0 Å². The van der Waals surface area contributed by atoms with Crippen molar-refractivity contribution in [2.45, 2.75) is 19.4 Å². The summed E-state index contributed by atoms with van der Waals surface area (Å²) in [6, 6.07) is 8.26. The van der Waals surface area contributed by atoms with Gasteiger partial charge in [0.15, 0.2) is 0 Å². The second kappa shape index (κ2) is 6.61. The summed E-state index contributed by atoms with van der Waals surface area (Å²) in [6.07, 6.45) is 6.39. The Morgan fingerprint density at radius 2 is 2.00 bits per heavy atom. The summed E-state index contributed by atoms with van der Waals surface area (Å²) in [5.41, 5.74) is 2.31. The Labute approximate surface area is 116 Å². The van der Waals surface area contributed by atoms with Gasteiger partial charge in [0.2, 0.25) is 0 Å². The van der Waals surface area contributed by atoms with Crippen LogP contribution in [0.25, 0.3) is 0 Å². The average Bonchev–Trinajstić information content (AvgIpc) is 2.40. The first-order valence-corrected chi connectivity index (χ1v) is 6.83. The molecule has 1 N–H and O–H groups in total. The lowest BCUT2D eigenvalue weighted by Crippen LogP contribution is -2.24. The predicted octanol–water partition coefficient (Wildman–Crippen LogP) is 3.13. The third kappa shape index (κ3) is 3.37. The van der Waals surface area contributed by atoms with Crippen LogP contribution in [0.1, 0.15) is 24.2 Å². The van der Waals surface area contributed by atoms with Crippen LogP contribution in [0, 0.1) is 0 Å². The van der Waals surface area contributed by atoms with E-state index in [1.54, 1.807) is 0 Å². The Hall–Kier alpha value is -1.26. The molecular formula is C14H16BrN3. The van der Waals surface area contributed by atoms with Crippen molar-refractivity contribution in [1.82, 2.24) is 15.3 Å². The molecule has 0 saturated heterocycles. The van der Waals surface area contributed by atoms with Gasteiger partial charge in [0.05, 0.1) is 11.7 Å². The van der Waals surface area contributed by atoms with Gasteiger partial charge in [0, 0.05) is 23.1 Å². The zero-order valence-corrected chi connectivity index (χ0v) is 11.9. The smallest absolute Gasteiger partial charge is 0.0718 e. The third-order valence-corrected chi connectivity index (χ3v) is 3.43. The highest BCUT2D eigenvalue weighted by Gasteiger charge is 2.15. The zero-order chi connectivity index (χ0) is 12.8. The van der Waals surface area contributed by atoms with E-state index in [0.717, 1.165) is 23.1 Å². The second-order valence-corrected chi connectivity index (χ2v) is 4.89. The van der Waals surface area contributed by atoms with Crippen LogP contribution in [0.3, 0.4) is 0 Å². The Kier molecular flexibility index (Phi) is 4.84. The zero-order valence-electron chi connectivity index (χ0n) is 10.3. The van der Waals surface area contributed by atoms with Crippen molar-refractivity contribution >= 4 is 15.9 Å². The molecule has 0 radical (unpaired) electrons. The van der Waals surface area contributed by atoms with Crippen LogP contribution in [-0.4, -0.2) is 16.5 Å². The van der Waals surface area contributed by atoms with Gasteiger partial charge in [-0.3, -0.25) is 9.97 Å². The van der Waals surface area contributed by atoms with Gasteiger partial charge in [-0.15, -0.1) is 0 Å². The Bertz CT molecular complexity index is 487. The van der Waals surface area contributed by atoms with Crippen LogP contribution < -0.4 is 5.32 Å². The van der Waals surface area contributed by atoms with E-state index in [4.69, 9.17) is 0 Å². The first kappa shape index (κ1) is 13.2. The van der Waals surface area contributed by atoms with Crippen molar-refractivity contribution in [3.05, 3.63) is 58.6 Å². The van der Waals surface area contributed by atoms with Crippen LogP contribution in [0.5, 0.6) is 0 Å². The molecule has 3 nitrogen and oxygen atoms in total. The number of likely N-dealkylation sites (N-methyl/N-ethyl adjacent to an activating group) is 1. The molecule has 94 valence electrons. The van der Waals surface area contributed by atoms with Crippen LogP contribution in [-0.2, 0) is 6.42 Å². The lowest BCUT2D eigenvalue weighted by atomic mass is 10.0. The van der Waals surface area contributed by atoms with Gasteiger partial charge in [0.25, 0.3) is 0 Å². The maximum absolute atomic E-state index is 4.47. The molecule has 1 unspecified atom stereocenters. The number of nitrogens with one attached hydrogen (secondary N) is 1. The number of halogens is 1. The summed E-state index contributed by atoms with van der Waals surface area (Å²) in [5, 5.41) is 3.48. The lowest BCUT2D eigenvalue weighted by Gasteiger charge is -2.18. The highest BCUT2D eigenvalue weighted by atomic mass is 79.9. The quantitative estimate of drug-likeness (QED) is 0.922. The SMILES string of the molecule is CCNC(Cc1ccncc1)c1ncccc1Br. The highest BCUT2D eigenvalue weighted by molar-refractivity contribution is 9.10. The van der Waals surface area contributed by atoms with Crippen molar-refractivity contribution < 1.29 is 0 Å². The van der Waals surface area contributed by atoms with Crippen LogP contribution in [0.2, 0.25) is 0 Å². The molecule has 0 aliphatic heterocycles. The van der Waals surface area contributed by atoms with E-state index in [-0.39, 0.29) is 6.04 Å². The van der Waals surface area contributed by atoms with Crippen molar-refractivity contribution in [2.75, 3.05) is 6.54 Å².